The number of amides is 1. The zero-order valence-electron chi connectivity index (χ0n) is 11.3. The number of nitrogens with one attached hydrogen (secondary N) is 1. The van der Waals surface area contributed by atoms with Crippen LogP contribution in [0.4, 0.5) is 5.69 Å². The van der Waals surface area contributed by atoms with Crippen LogP contribution in [0.25, 0.3) is 0 Å². The van der Waals surface area contributed by atoms with Gasteiger partial charge in [0.1, 0.15) is 6.61 Å². The predicted octanol–water partition coefficient (Wildman–Crippen LogP) is 1.04. The maximum Gasteiger partial charge on any atom is 0.253 e. The number of carbonyl (C=O) groups excluding carboxylic acids is 1. The molecule has 104 valence electrons. The lowest BCUT2D eigenvalue weighted by atomic mass is 9.90. The molecule has 5 nitrogen and oxygen atoms in total. The molecule has 0 unspecified atom stereocenters. The SMILES string of the molecule is N#Cc1ccc(N2CC3(CCNCC3)OCC2=O)cc1. The molecule has 2 aliphatic heterocycles. The van der Waals surface area contributed by atoms with Gasteiger partial charge in [0.25, 0.3) is 5.91 Å². The lowest BCUT2D eigenvalue weighted by Crippen LogP contribution is -2.58. The van der Waals surface area contributed by atoms with E-state index in [9.17, 15) is 4.79 Å². The number of rotatable bonds is 1. The largest absolute Gasteiger partial charge is 0.363 e. The summed E-state index contributed by atoms with van der Waals surface area (Å²) in [5.74, 6) is -0.0149. The van der Waals surface area contributed by atoms with Crippen LogP contribution in [0.5, 0.6) is 0 Å². The van der Waals surface area contributed by atoms with Crippen molar-refractivity contribution in [2.24, 2.45) is 0 Å². The second-order valence-electron chi connectivity index (χ2n) is 5.36. The van der Waals surface area contributed by atoms with Gasteiger partial charge in [0.15, 0.2) is 0 Å². The summed E-state index contributed by atoms with van der Waals surface area (Å²) in [6.45, 7) is 2.59. The van der Waals surface area contributed by atoms with Gasteiger partial charge in [-0.2, -0.15) is 5.26 Å². The van der Waals surface area contributed by atoms with Crippen LogP contribution in [0.15, 0.2) is 24.3 Å². The van der Waals surface area contributed by atoms with Gasteiger partial charge in [-0.25, -0.2) is 0 Å². The van der Waals surface area contributed by atoms with Crippen LogP contribution in [-0.2, 0) is 9.53 Å². The molecule has 0 aromatic heterocycles. The summed E-state index contributed by atoms with van der Waals surface area (Å²) in [5.41, 5.74) is 1.23. The van der Waals surface area contributed by atoms with E-state index in [0.29, 0.717) is 12.1 Å². The maximum atomic E-state index is 12.1. The minimum atomic E-state index is -0.215. The first-order valence-corrected chi connectivity index (χ1v) is 6.88. The third-order valence-corrected chi connectivity index (χ3v) is 4.07. The van der Waals surface area contributed by atoms with E-state index < -0.39 is 0 Å². The fourth-order valence-electron chi connectivity index (χ4n) is 2.85. The first-order chi connectivity index (χ1) is 9.72. The Hall–Kier alpha value is -1.90. The van der Waals surface area contributed by atoms with Gasteiger partial charge in [-0.1, -0.05) is 0 Å². The number of anilines is 1. The molecule has 0 radical (unpaired) electrons. The molecule has 3 rings (SSSR count). The first kappa shape index (κ1) is 13.1. The second-order valence-corrected chi connectivity index (χ2v) is 5.36. The van der Waals surface area contributed by atoms with Crippen LogP contribution >= 0.6 is 0 Å². The van der Waals surface area contributed by atoms with E-state index in [2.05, 4.69) is 11.4 Å². The normalized spacial score (nSPS) is 21.8. The van der Waals surface area contributed by atoms with Crippen LogP contribution < -0.4 is 10.2 Å². The van der Waals surface area contributed by atoms with Crippen molar-refractivity contribution in [2.45, 2.75) is 18.4 Å². The minimum Gasteiger partial charge on any atom is -0.363 e. The monoisotopic (exact) mass is 271 g/mol. The van der Waals surface area contributed by atoms with Crippen molar-refractivity contribution >= 4 is 11.6 Å². The zero-order chi connectivity index (χ0) is 14.0. The molecule has 20 heavy (non-hydrogen) atoms. The minimum absolute atomic E-state index is 0.0149. The lowest BCUT2D eigenvalue weighted by Gasteiger charge is -2.44. The van der Waals surface area contributed by atoms with Gasteiger partial charge in [-0.05, 0) is 50.2 Å². The maximum absolute atomic E-state index is 12.1. The Kier molecular flexibility index (Phi) is 3.43. The van der Waals surface area contributed by atoms with Gasteiger partial charge >= 0.3 is 0 Å². The summed E-state index contributed by atoms with van der Waals surface area (Å²) in [7, 11) is 0. The zero-order valence-corrected chi connectivity index (χ0v) is 11.3. The summed E-state index contributed by atoms with van der Waals surface area (Å²) in [4.78, 5) is 13.9. The van der Waals surface area contributed by atoms with Gasteiger partial charge in [0.2, 0.25) is 0 Å². The quantitative estimate of drug-likeness (QED) is 0.829. The van der Waals surface area contributed by atoms with Crippen molar-refractivity contribution in [3.05, 3.63) is 29.8 Å². The number of piperidine rings is 1. The first-order valence-electron chi connectivity index (χ1n) is 6.88. The van der Waals surface area contributed by atoms with Crippen LogP contribution in [0.3, 0.4) is 0 Å². The van der Waals surface area contributed by atoms with Gasteiger partial charge in [0.05, 0.1) is 23.8 Å². The van der Waals surface area contributed by atoms with E-state index in [1.165, 1.54) is 0 Å². The summed E-state index contributed by atoms with van der Waals surface area (Å²) in [6, 6.07) is 9.24. The number of morpholine rings is 1. The van der Waals surface area contributed by atoms with Crippen molar-refractivity contribution in [1.29, 1.82) is 5.26 Å². The Morgan fingerprint density at radius 3 is 2.60 bits per heavy atom. The van der Waals surface area contributed by atoms with Crippen LogP contribution in [-0.4, -0.2) is 37.7 Å². The number of carbonyl (C=O) groups is 1. The van der Waals surface area contributed by atoms with Crippen LogP contribution in [0.1, 0.15) is 18.4 Å². The van der Waals surface area contributed by atoms with E-state index in [1.807, 2.05) is 12.1 Å². The lowest BCUT2D eigenvalue weighted by molar-refractivity contribution is -0.141. The number of hydrogen-bond donors (Lipinski definition) is 1. The highest BCUT2D eigenvalue weighted by Gasteiger charge is 2.41. The van der Waals surface area contributed by atoms with E-state index in [-0.39, 0.29) is 18.1 Å². The predicted molar refractivity (Wildman–Crippen MR) is 74.3 cm³/mol. The van der Waals surface area contributed by atoms with Gasteiger partial charge in [-0.3, -0.25) is 4.79 Å². The average Bonchev–Trinajstić information content (AvgIpc) is 2.51. The fourth-order valence-corrected chi connectivity index (χ4v) is 2.85. The molecule has 0 aliphatic carbocycles. The number of benzene rings is 1. The molecule has 2 aliphatic rings. The summed E-state index contributed by atoms with van der Waals surface area (Å²) in [5, 5.41) is 12.1. The number of nitrogens with zero attached hydrogens (tertiary/aromatic N) is 2. The molecular weight excluding hydrogens is 254 g/mol. The van der Waals surface area contributed by atoms with E-state index >= 15 is 0 Å². The molecule has 1 N–H and O–H groups in total. The van der Waals surface area contributed by atoms with Crippen molar-refractivity contribution in [1.82, 2.24) is 5.32 Å². The number of hydrogen-bond acceptors (Lipinski definition) is 4. The van der Waals surface area contributed by atoms with Gasteiger partial charge in [0, 0.05) is 5.69 Å². The molecule has 2 heterocycles. The van der Waals surface area contributed by atoms with Crippen molar-refractivity contribution < 1.29 is 9.53 Å². The highest BCUT2D eigenvalue weighted by molar-refractivity contribution is 5.95. The molecule has 2 saturated heterocycles. The topological polar surface area (TPSA) is 65.4 Å². The highest BCUT2D eigenvalue weighted by atomic mass is 16.5. The number of ether oxygens (including phenoxy) is 1. The average molecular weight is 271 g/mol. The summed E-state index contributed by atoms with van der Waals surface area (Å²) < 4.78 is 5.83. The third kappa shape index (κ3) is 2.40. The standard InChI is InChI=1S/C15H17N3O2/c16-9-12-1-3-13(4-2-12)18-11-15(20-10-14(18)19)5-7-17-8-6-15/h1-4,17H,5-8,10-11H2. The Labute approximate surface area is 118 Å². The van der Waals surface area contributed by atoms with Crippen molar-refractivity contribution in [3.8, 4) is 6.07 Å². The van der Waals surface area contributed by atoms with Crippen molar-refractivity contribution in [2.75, 3.05) is 31.1 Å². The fraction of sp³-hybridized carbons (Fsp3) is 0.467. The van der Waals surface area contributed by atoms with E-state index in [0.717, 1.165) is 31.6 Å². The van der Waals surface area contributed by atoms with Crippen molar-refractivity contribution in [3.63, 3.8) is 0 Å². The Morgan fingerprint density at radius 1 is 1.25 bits per heavy atom. The molecule has 0 atom stereocenters. The Bertz CT molecular complexity index is 541. The number of nitriles is 1. The molecule has 2 fully saturated rings. The Balaban J connectivity index is 1.82. The van der Waals surface area contributed by atoms with E-state index in [1.54, 1.807) is 17.0 Å². The van der Waals surface area contributed by atoms with Gasteiger partial charge < -0.3 is 15.0 Å². The molecule has 1 amide bonds. The van der Waals surface area contributed by atoms with E-state index in [4.69, 9.17) is 10.00 Å². The molecule has 0 saturated carbocycles. The molecule has 0 bridgehead atoms. The molecule has 1 spiro atoms. The molecule has 1 aromatic rings. The summed E-state index contributed by atoms with van der Waals surface area (Å²) >= 11 is 0. The second kappa shape index (κ2) is 5.23. The van der Waals surface area contributed by atoms with Crippen LogP contribution in [0, 0.1) is 11.3 Å². The third-order valence-electron chi connectivity index (χ3n) is 4.07. The van der Waals surface area contributed by atoms with Gasteiger partial charge in [-0.15, -0.1) is 0 Å². The molecule has 5 heteroatoms. The smallest absolute Gasteiger partial charge is 0.253 e. The molecular formula is C15H17N3O2. The molecule has 1 aromatic carbocycles. The Morgan fingerprint density at radius 2 is 1.95 bits per heavy atom. The van der Waals surface area contributed by atoms with Crippen LogP contribution in [0.2, 0.25) is 0 Å². The summed E-state index contributed by atoms with van der Waals surface area (Å²) in [6.07, 6.45) is 1.85. The highest BCUT2D eigenvalue weighted by Crippen LogP contribution is 2.30.